The first-order valence-electron chi connectivity index (χ1n) is 2.56. The second-order valence-corrected chi connectivity index (χ2v) is 1.73. The van der Waals surface area contributed by atoms with Gasteiger partial charge < -0.3 is 15.6 Å². The van der Waals surface area contributed by atoms with E-state index in [4.69, 9.17) is 10.8 Å². The van der Waals surface area contributed by atoms with Gasteiger partial charge in [0.2, 0.25) is 5.76 Å². The molecular formula is C5H7NO3. The number of carbonyl (C=O) groups excluding carboxylic acids is 1. The predicted octanol–water partition coefficient (Wildman–Crippen LogP) is -0.688. The first kappa shape index (κ1) is 6.10. The van der Waals surface area contributed by atoms with Gasteiger partial charge in [-0.25, -0.2) is 4.79 Å². The molecule has 0 amide bonds. The maximum atomic E-state index is 10.3. The minimum atomic E-state index is -0.689. The Morgan fingerprint density at radius 1 is 1.89 bits per heavy atom. The lowest BCUT2D eigenvalue weighted by atomic mass is 10.3. The Bertz CT molecular complexity index is 164. The van der Waals surface area contributed by atoms with Gasteiger partial charge in [0, 0.05) is 12.6 Å². The summed E-state index contributed by atoms with van der Waals surface area (Å²) in [6.45, 7) is 0.218. The molecule has 9 heavy (non-hydrogen) atoms. The van der Waals surface area contributed by atoms with Crippen LogP contribution in [0.25, 0.3) is 0 Å². The monoisotopic (exact) mass is 129 g/mol. The third-order valence-corrected chi connectivity index (χ3v) is 1.04. The summed E-state index contributed by atoms with van der Waals surface area (Å²) >= 11 is 0. The van der Waals surface area contributed by atoms with Crippen LogP contribution in [0.5, 0.6) is 0 Å². The van der Waals surface area contributed by atoms with Crippen LogP contribution < -0.4 is 5.73 Å². The van der Waals surface area contributed by atoms with Crippen LogP contribution in [-0.4, -0.2) is 23.7 Å². The molecule has 1 aliphatic rings. The Hall–Kier alpha value is -1.03. The lowest BCUT2D eigenvalue weighted by Crippen LogP contribution is -2.19. The van der Waals surface area contributed by atoms with Gasteiger partial charge in [-0.2, -0.15) is 0 Å². The second-order valence-electron chi connectivity index (χ2n) is 1.73. The number of rotatable bonds is 1. The molecule has 1 heterocycles. The number of ether oxygens (including phenoxy) is 1. The van der Waals surface area contributed by atoms with Crippen LogP contribution in [0.3, 0.4) is 0 Å². The summed E-state index contributed by atoms with van der Waals surface area (Å²) in [5.41, 5.74) is 5.13. The van der Waals surface area contributed by atoms with E-state index < -0.39 is 12.1 Å². The lowest BCUT2D eigenvalue weighted by molar-refractivity contribution is -0.141. The molecule has 1 atom stereocenters. The van der Waals surface area contributed by atoms with Crippen LogP contribution in [0.4, 0.5) is 0 Å². The molecule has 0 aromatic heterocycles. The molecule has 4 nitrogen and oxygen atoms in total. The summed E-state index contributed by atoms with van der Waals surface area (Å²) in [7, 11) is 0. The Balaban J connectivity index is 2.62. The topological polar surface area (TPSA) is 72.5 Å². The van der Waals surface area contributed by atoms with E-state index in [2.05, 4.69) is 4.74 Å². The van der Waals surface area contributed by atoms with Crippen molar-refractivity contribution < 1.29 is 14.6 Å². The van der Waals surface area contributed by atoms with Gasteiger partial charge in [-0.05, 0) is 0 Å². The van der Waals surface area contributed by atoms with E-state index in [1.165, 1.54) is 6.08 Å². The fraction of sp³-hybridized carbons (Fsp3) is 0.400. The lowest BCUT2D eigenvalue weighted by Gasteiger charge is -2.00. The number of esters is 1. The summed E-state index contributed by atoms with van der Waals surface area (Å²) in [6.07, 6.45) is 0.861. The van der Waals surface area contributed by atoms with Crippen LogP contribution in [0.15, 0.2) is 11.8 Å². The molecule has 0 saturated heterocycles. The highest BCUT2D eigenvalue weighted by atomic mass is 16.6. The van der Waals surface area contributed by atoms with Crippen molar-refractivity contribution in [3.05, 3.63) is 11.8 Å². The second kappa shape index (κ2) is 2.06. The van der Waals surface area contributed by atoms with Crippen LogP contribution >= 0.6 is 0 Å². The average Bonchev–Trinajstić information content (AvgIpc) is 2.13. The Morgan fingerprint density at radius 2 is 2.56 bits per heavy atom. The van der Waals surface area contributed by atoms with Crippen molar-refractivity contribution in [1.82, 2.24) is 0 Å². The Labute approximate surface area is 51.9 Å². The molecule has 0 spiro atoms. The van der Waals surface area contributed by atoms with Crippen molar-refractivity contribution in [1.29, 1.82) is 0 Å². The van der Waals surface area contributed by atoms with E-state index >= 15 is 0 Å². The Kier molecular flexibility index (Phi) is 1.40. The highest BCUT2D eigenvalue weighted by molar-refractivity contribution is 5.88. The van der Waals surface area contributed by atoms with Crippen molar-refractivity contribution in [3.63, 3.8) is 0 Å². The summed E-state index contributed by atoms with van der Waals surface area (Å²) in [5.74, 6) is -1.03. The van der Waals surface area contributed by atoms with E-state index in [1.54, 1.807) is 0 Å². The smallest absolute Gasteiger partial charge is 0.373 e. The van der Waals surface area contributed by atoms with Crippen molar-refractivity contribution in [3.8, 4) is 0 Å². The van der Waals surface area contributed by atoms with Crippen molar-refractivity contribution in [2.75, 3.05) is 6.54 Å². The first-order chi connectivity index (χ1) is 4.24. The highest BCUT2D eigenvalue weighted by Gasteiger charge is 2.22. The van der Waals surface area contributed by atoms with E-state index in [0.717, 1.165) is 0 Å². The van der Waals surface area contributed by atoms with Gasteiger partial charge in [0.15, 0.2) is 0 Å². The molecule has 0 aromatic carbocycles. The fourth-order valence-corrected chi connectivity index (χ4v) is 0.592. The van der Waals surface area contributed by atoms with Crippen LogP contribution in [0.1, 0.15) is 0 Å². The van der Waals surface area contributed by atoms with Crippen LogP contribution in [-0.2, 0) is 9.53 Å². The number of aliphatic hydroxyl groups is 1. The zero-order chi connectivity index (χ0) is 6.85. The van der Waals surface area contributed by atoms with Crippen molar-refractivity contribution in [2.24, 2.45) is 5.73 Å². The van der Waals surface area contributed by atoms with Gasteiger partial charge in [-0.15, -0.1) is 0 Å². The molecule has 50 valence electrons. The molecule has 0 aromatic rings. The molecular weight excluding hydrogens is 122 g/mol. The van der Waals surface area contributed by atoms with Gasteiger partial charge in [0.25, 0.3) is 0 Å². The number of carbonyl (C=O) groups is 1. The molecule has 0 fully saturated rings. The third-order valence-electron chi connectivity index (χ3n) is 1.04. The van der Waals surface area contributed by atoms with E-state index in [9.17, 15) is 4.79 Å². The maximum absolute atomic E-state index is 10.3. The Morgan fingerprint density at radius 3 is 2.78 bits per heavy atom. The zero-order valence-electron chi connectivity index (χ0n) is 4.70. The first-order valence-corrected chi connectivity index (χ1v) is 2.56. The molecule has 0 bridgehead atoms. The van der Waals surface area contributed by atoms with Crippen LogP contribution in [0, 0.1) is 0 Å². The van der Waals surface area contributed by atoms with Gasteiger partial charge in [-0.1, -0.05) is 0 Å². The average molecular weight is 129 g/mol. The van der Waals surface area contributed by atoms with E-state index in [0.29, 0.717) is 0 Å². The van der Waals surface area contributed by atoms with Crippen LogP contribution in [0.2, 0.25) is 0 Å². The summed E-state index contributed by atoms with van der Waals surface area (Å²) in [6, 6.07) is 0. The van der Waals surface area contributed by atoms with E-state index in [-0.39, 0.29) is 12.3 Å². The molecule has 3 N–H and O–H groups in total. The fourth-order valence-electron chi connectivity index (χ4n) is 0.592. The van der Waals surface area contributed by atoms with Gasteiger partial charge >= 0.3 is 5.97 Å². The molecule has 4 heteroatoms. The van der Waals surface area contributed by atoms with Gasteiger partial charge in [-0.3, -0.25) is 0 Å². The number of cyclic esters (lactones) is 1. The summed E-state index contributed by atoms with van der Waals surface area (Å²) in [5, 5.41) is 8.63. The minimum Gasteiger partial charge on any atom is -0.502 e. The number of hydrogen-bond donors (Lipinski definition) is 2. The van der Waals surface area contributed by atoms with Gasteiger partial charge in [0.1, 0.15) is 6.10 Å². The van der Waals surface area contributed by atoms with Gasteiger partial charge in [0.05, 0.1) is 0 Å². The molecule has 0 saturated carbocycles. The molecule has 1 rings (SSSR count). The summed E-state index contributed by atoms with van der Waals surface area (Å²) < 4.78 is 4.52. The largest absolute Gasteiger partial charge is 0.502 e. The predicted molar refractivity (Wildman–Crippen MR) is 29.6 cm³/mol. The standard InChI is InChI=1S/C5H7NO3/c6-2-3-1-4(7)5(8)9-3/h1,3,7H,2,6H2. The van der Waals surface area contributed by atoms with E-state index in [1.807, 2.05) is 0 Å². The third kappa shape index (κ3) is 1.02. The summed E-state index contributed by atoms with van der Waals surface area (Å²) in [4.78, 5) is 10.3. The highest BCUT2D eigenvalue weighted by Crippen LogP contribution is 2.08. The minimum absolute atomic E-state index is 0.218. The molecule has 1 unspecified atom stereocenters. The van der Waals surface area contributed by atoms with Crippen molar-refractivity contribution in [2.45, 2.75) is 6.10 Å². The zero-order valence-corrected chi connectivity index (χ0v) is 4.70. The number of hydrogen-bond acceptors (Lipinski definition) is 4. The number of aliphatic hydroxyl groups excluding tert-OH is 1. The molecule has 0 aliphatic carbocycles. The molecule has 1 aliphatic heterocycles. The molecule has 0 radical (unpaired) electrons. The SMILES string of the molecule is NCC1C=C(O)C(=O)O1. The normalized spacial score (nSPS) is 25.7. The maximum Gasteiger partial charge on any atom is 0.373 e. The quantitative estimate of drug-likeness (QED) is 0.460. The number of nitrogens with two attached hydrogens (primary N) is 1. The van der Waals surface area contributed by atoms with Crippen molar-refractivity contribution >= 4 is 5.97 Å².